The van der Waals surface area contributed by atoms with Gasteiger partial charge in [-0.25, -0.2) is 9.82 Å². The summed E-state index contributed by atoms with van der Waals surface area (Å²) in [4.78, 5) is 0. The van der Waals surface area contributed by atoms with Gasteiger partial charge >= 0.3 is 0 Å². The second-order valence-corrected chi connectivity index (χ2v) is 5.38. The zero-order chi connectivity index (χ0) is 15.0. The Labute approximate surface area is 130 Å². The molecule has 1 atom stereocenters. The number of hydrazine groups is 1. The van der Waals surface area contributed by atoms with Gasteiger partial charge < -0.3 is 4.42 Å². The van der Waals surface area contributed by atoms with E-state index >= 15 is 0 Å². The quantitative estimate of drug-likeness (QED) is 0.553. The topological polar surface area (TPSA) is 51.2 Å². The molecular weight excluding hydrogens is 314 g/mol. The van der Waals surface area contributed by atoms with E-state index in [4.69, 9.17) is 33.5 Å². The third-order valence-corrected chi connectivity index (χ3v) is 3.90. The van der Waals surface area contributed by atoms with Crippen LogP contribution in [0.1, 0.15) is 17.4 Å². The number of benzene rings is 2. The van der Waals surface area contributed by atoms with E-state index in [0.717, 1.165) is 0 Å². The van der Waals surface area contributed by atoms with E-state index in [9.17, 15) is 4.39 Å². The van der Waals surface area contributed by atoms with Crippen molar-refractivity contribution in [2.75, 3.05) is 0 Å². The van der Waals surface area contributed by atoms with Gasteiger partial charge in [0.1, 0.15) is 23.2 Å². The molecule has 2 aromatic carbocycles. The van der Waals surface area contributed by atoms with E-state index in [1.165, 1.54) is 12.1 Å². The molecule has 1 unspecified atom stereocenters. The maximum atomic E-state index is 13.3. The van der Waals surface area contributed by atoms with Gasteiger partial charge in [-0.15, -0.1) is 0 Å². The van der Waals surface area contributed by atoms with Gasteiger partial charge in [-0.1, -0.05) is 29.3 Å². The van der Waals surface area contributed by atoms with E-state index in [1.807, 2.05) is 0 Å². The molecule has 3 N–H and O–H groups in total. The third-order valence-electron chi connectivity index (χ3n) is 3.24. The molecule has 0 aliphatic rings. The second-order valence-electron chi connectivity index (χ2n) is 4.57. The molecule has 3 rings (SSSR count). The van der Waals surface area contributed by atoms with Crippen molar-refractivity contribution < 1.29 is 8.81 Å². The lowest BCUT2D eigenvalue weighted by atomic mass is 10.0. The van der Waals surface area contributed by atoms with Crippen LogP contribution in [0.25, 0.3) is 11.0 Å². The Bertz CT molecular complexity index is 783. The largest absolute Gasteiger partial charge is 0.459 e. The average molecular weight is 325 g/mol. The Morgan fingerprint density at radius 1 is 1.10 bits per heavy atom. The maximum Gasteiger partial charge on any atom is 0.134 e. The molecule has 1 aromatic heterocycles. The van der Waals surface area contributed by atoms with Crippen LogP contribution in [0, 0.1) is 5.82 Å². The summed E-state index contributed by atoms with van der Waals surface area (Å²) in [5, 5.41) is 1.59. The first-order valence-electron chi connectivity index (χ1n) is 6.19. The molecule has 108 valence electrons. The van der Waals surface area contributed by atoms with Crippen molar-refractivity contribution in [3.8, 4) is 0 Å². The van der Waals surface area contributed by atoms with Gasteiger partial charge in [0, 0.05) is 21.0 Å². The number of hydrogen-bond donors (Lipinski definition) is 2. The van der Waals surface area contributed by atoms with Crippen molar-refractivity contribution in [2.45, 2.75) is 6.04 Å². The first-order chi connectivity index (χ1) is 10.1. The summed E-state index contributed by atoms with van der Waals surface area (Å²) in [5.74, 6) is 5.80. The number of halogens is 3. The molecule has 6 heteroatoms. The normalized spacial score (nSPS) is 12.8. The van der Waals surface area contributed by atoms with E-state index in [-0.39, 0.29) is 5.82 Å². The van der Waals surface area contributed by atoms with E-state index in [1.54, 1.807) is 30.3 Å². The fourth-order valence-electron chi connectivity index (χ4n) is 2.27. The molecule has 0 saturated heterocycles. The second kappa shape index (κ2) is 5.66. The summed E-state index contributed by atoms with van der Waals surface area (Å²) < 4.78 is 19.0. The fraction of sp³-hybridized carbons (Fsp3) is 0.0667. The van der Waals surface area contributed by atoms with Crippen molar-refractivity contribution in [2.24, 2.45) is 5.84 Å². The molecule has 0 aliphatic heterocycles. The highest BCUT2D eigenvalue weighted by molar-refractivity contribution is 6.36. The first kappa shape index (κ1) is 14.4. The molecular formula is C15H11Cl2FN2O. The molecule has 0 fully saturated rings. The zero-order valence-electron chi connectivity index (χ0n) is 10.7. The first-order valence-corrected chi connectivity index (χ1v) is 6.95. The molecule has 0 spiro atoms. The molecule has 0 aliphatic carbocycles. The van der Waals surface area contributed by atoms with Gasteiger partial charge in [-0.2, -0.15) is 0 Å². The van der Waals surface area contributed by atoms with E-state index in [0.29, 0.717) is 32.3 Å². The minimum atomic E-state index is -0.526. The number of nitrogens with one attached hydrogen (secondary N) is 1. The predicted octanol–water partition coefficient (Wildman–Crippen LogP) is 4.43. The molecule has 1 heterocycles. The van der Waals surface area contributed by atoms with Crippen LogP contribution in [0.4, 0.5) is 4.39 Å². The molecule has 3 aromatic rings. The van der Waals surface area contributed by atoms with Crippen molar-refractivity contribution in [3.63, 3.8) is 0 Å². The highest BCUT2D eigenvalue weighted by atomic mass is 35.5. The number of furan rings is 1. The van der Waals surface area contributed by atoms with Gasteiger partial charge in [0.2, 0.25) is 0 Å². The van der Waals surface area contributed by atoms with Gasteiger partial charge in [0.25, 0.3) is 0 Å². The number of nitrogens with two attached hydrogens (primary N) is 1. The number of fused-ring (bicyclic) bond motifs is 1. The van der Waals surface area contributed by atoms with Crippen LogP contribution >= 0.6 is 23.2 Å². The molecule has 21 heavy (non-hydrogen) atoms. The summed E-state index contributed by atoms with van der Waals surface area (Å²) in [6.07, 6.45) is 0. The lowest BCUT2D eigenvalue weighted by Gasteiger charge is -2.16. The van der Waals surface area contributed by atoms with Gasteiger partial charge in [0.15, 0.2) is 0 Å². The Kier molecular flexibility index (Phi) is 3.87. The summed E-state index contributed by atoms with van der Waals surface area (Å²) in [6.45, 7) is 0. The van der Waals surface area contributed by atoms with E-state index < -0.39 is 6.04 Å². The van der Waals surface area contributed by atoms with Crippen LogP contribution in [0.2, 0.25) is 10.0 Å². The van der Waals surface area contributed by atoms with Gasteiger partial charge in [-0.05, 0) is 36.4 Å². The SMILES string of the molecule is NNC(c1cc2cc(F)ccc2o1)c1c(Cl)cccc1Cl. The van der Waals surface area contributed by atoms with Gasteiger partial charge in [-0.3, -0.25) is 5.84 Å². The Morgan fingerprint density at radius 3 is 2.48 bits per heavy atom. The lowest BCUT2D eigenvalue weighted by Crippen LogP contribution is -2.29. The summed E-state index contributed by atoms with van der Waals surface area (Å²) in [7, 11) is 0. The molecule has 0 bridgehead atoms. The minimum Gasteiger partial charge on any atom is -0.459 e. The summed E-state index contributed by atoms with van der Waals surface area (Å²) in [6, 6.07) is 10.7. The summed E-state index contributed by atoms with van der Waals surface area (Å²) in [5.41, 5.74) is 3.81. The Hall–Kier alpha value is -1.59. The zero-order valence-corrected chi connectivity index (χ0v) is 12.3. The number of rotatable bonds is 3. The smallest absolute Gasteiger partial charge is 0.134 e. The van der Waals surface area contributed by atoms with Crippen LogP contribution in [0.15, 0.2) is 46.9 Å². The van der Waals surface area contributed by atoms with Crippen LogP contribution in [-0.2, 0) is 0 Å². The molecule has 0 saturated carbocycles. The average Bonchev–Trinajstić information content (AvgIpc) is 2.85. The van der Waals surface area contributed by atoms with Crippen molar-refractivity contribution in [3.05, 3.63) is 69.7 Å². The molecule has 3 nitrogen and oxygen atoms in total. The predicted molar refractivity (Wildman–Crippen MR) is 81.8 cm³/mol. The monoisotopic (exact) mass is 324 g/mol. The Balaban J connectivity index is 2.14. The van der Waals surface area contributed by atoms with E-state index in [2.05, 4.69) is 5.43 Å². The summed E-state index contributed by atoms with van der Waals surface area (Å²) >= 11 is 12.4. The van der Waals surface area contributed by atoms with Crippen molar-refractivity contribution in [1.82, 2.24) is 5.43 Å². The molecule has 0 radical (unpaired) electrons. The standard InChI is InChI=1S/C15H11Cl2FN2O/c16-10-2-1-3-11(17)14(10)15(20-19)13-7-8-6-9(18)4-5-12(8)21-13/h1-7,15,20H,19H2. The van der Waals surface area contributed by atoms with Crippen LogP contribution < -0.4 is 11.3 Å². The maximum absolute atomic E-state index is 13.3. The highest BCUT2D eigenvalue weighted by Gasteiger charge is 2.22. The minimum absolute atomic E-state index is 0.331. The van der Waals surface area contributed by atoms with Gasteiger partial charge in [0.05, 0.1) is 0 Å². The van der Waals surface area contributed by atoms with Crippen LogP contribution in [0.5, 0.6) is 0 Å². The third kappa shape index (κ3) is 2.63. The van der Waals surface area contributed by atoms with Crippen molar-refractivity contribution in [1.29, 1.82) is 0 Å². The van der Waals surface area contributed by atoms with Crippen LogP contribution in [0.3, 0.4) is 0 Å². The lowest BCUT2D eigenvalue weighted by molar-refractivity contribution is 0.477. The van der Waals surface area contributed by atoms with Crippen LogP contribution in [-0.4, -0.2) is 0 Å². The highest BCUT2D eigenvalue weighted by Crippen LogP contribution is 2.35. The molecule has 0 amide bonds. The number of hydrogen-bond acceptors (Lipinski definition) is 3. The fourth-order valence-corrected chi connectivity index (χ4v) is 2.89. The van der Waals surface area contributed by atoms with Crippen molar-refractivity contribution >= 4 is 34.2 Å². The Morgan fingerprint density at radius 2 is 1.81 bits per heavy atom.